The second kappa shape index (κ2) is 7.72. The van der Waals surface area contributed by atoms with Crippen LogP contribution >= 0.6 is 0 Å². The van der Waals surface area contributed by atoms with Crippen molar-refractivity contribution in [2.45, 2.75) is 12.6 Å². The molecule has 2 aliphatic rings. The number of benzene rings is 3. The Morgan fingerprint density at radius 2 is 1.48 bits per heavy atom. The third kappa shape index (κ3) is 3.26. The van der Waals surface area contributed by atoms with Gasteiger partial charge in [-0.3, -0.25) is 19.3 Å². The van der Waals surface area contributed by atoms with Crippen molar-refractivity contribution in [1.82, 2.24) is 10.2 Å². The molecule has 0 fully saturated rings. The number of hydrogen-bond acceptors (Lipinski definition) is 3. The highest BCUT2D eigenvalue weighted by Gasteiger charge is 2.47. The van der Waals surface area contributed by atoms with Crippen LogP contribution in [0.25, 0.3) is 0 Å². The minimum atomic E-state index is -0.619. The summed E-state index contributed by atoms with van der Waals surface area (Å²) in [6, 6.07) is 24.2. The van der Waals surface area contributed by atoms with Gasteiger partial charge in [-0.05, 0) is 30.2 Å². The molecule has 0 saturated heterocycles. The molecule has 1 atom stereocenters. The van der Waals surface area contributed by atoms with Crippen LogP contribution in [0.15, 0.2) is 78.9 Å². The van der Waals surface area contributed by atoms with Gasteiger partial charge < -0.3 is 10.2 Å². The lowest BCUT2D eigenvalue weighted by molar-refractivity contribution is -0.122. The summed E-state index contributed by atoms with van der Waals surface area (Å²) < 4.78 is 0. The Hall–Kier alpha value is -3.93. The van der Waals surface area contributed by atoms with Gasteiger partial charge in [0.05, 0.1) is 11.3 Å². The predicted octanol–water partition coefficient (Wildman–Crippen LogP) is 3.16. The first-order chi connectivity index (χ1) is 15.1. The van der Waals surface area contributed by atoms with Crippen LogP contribution < -0.4 is 10.2 Å². The van der Waals surface area contributed by atoms with Gasteiger partial charge in [-0.25, -0.2) is 0 Å². The molecule has 3 aromatic rings. The first-order valence-corrected chi connectivity index (χ1v) is 10.3. The Kier molecular flexibility index (Phi) is 4.75. The zero-order valence-electron chi connectivity index (χ0n) is 16.8. The molecule has 31 heavy (non-hydrogen) atoms. The minimum Gasteiger partial charge on any atom is -0.354 e. The lowest BCUT2D eigenvalue weighted by Crippen LogP contribution is -2.51. The van der Waals surface area contributed by atoms with E-state index in [1.54, 1.807) is 29.2 Å². The van der Waals surface area contributed by atoms with Crippen LogP contribution in [0.1, 0.15) is 38.0 Å². The van der Waals surface area contributed by atoms with E-state index in [4.69, 9.17) is 0 Å². The topological polar surface area (TPSA) is 69.7 Å². The molecule has 0 saturated carbocycles. The molecule has 2 aliphatic heterocycles. The van der Waals surface area contributed by atoms with E-state index in [0.717, 1.165) is 11.1 Å². The largest absolute Gasteiger partial charge is 0.354 e. The van der Waals surface area contributed by atoms with Crippen molar-refractivity contribution in [3.63, 3.8) is 0 Å². The molecule has 0 aliphatic carbocycles. The Morgan fingerprint density at radius 3 is 2.29 bits per heavy atom. The third-order valence-electron chi connectivity index (χ3n) is 5.78. The van der Waals surface area contributed by atoms with E-state index in [1.165, 1.54) is 4.90 Å². The molecule has 0 radical (unpaired) electrons. The van der Waals surface area contributed by atoms with Crippen LogP contribution in [0.2, 0.25) is 0 Å². The summed E-state index contributed by atoms with van der Waals surface area (Å²) in [5, 5.41) is 2.90. The van der Waals surface area contributed by atoms with Gasteiger partial charge in [0, 0.05) is 17.7 Å². The molecule has 0 spiro atoms. The third-order valence-corrected chi connectivity index (χ3v) is 5.78. The summed E-state index contributed by atoms with van der Waals surface area (Å²) in [7, 11) is 0. The summed E-state index contributed by atoms with van der Waals surface area (Å²) in [5.74, 6) is -0.657. The van der Waals surface area contributed by atoms with Crippen molar-refractivity contribution < 1.29 is 14.4 Å². The monoisotopic (exact) mass is 411 g/mol. The fourth-order valence-corrected chi connectivity index (χ4v) is 4.34. The van der Waals surface area contributed by atoms with E-state index >= 15 is 0 Å². The number of hydrogen-bond donors (Lipinski definition) is 1. The van der Waals surface area contributed by atoms with Crippen molar-refractivity contribution in [2.75, 3.05) is 18.0 Å². The van der Waals surface area contributed by atoms with Crippen molar-refractivity contribution in [3.05, 3.63) is 101 Å². The van der Waals surface area contributed by atoms with Crippen molar-refractivity contribution in [2.24, 2.45) is 0 Å². The predicted molar refractivity (Wildman–Crippen MR) is 117 cm³/mol. The summed E-state index contributed by atoms with van der Waals surface area (Å²) in [6.07, 6.45) is 0.0891. The summed E-state index contributed by atoms with van der Waals surface area (Å²) >= 11 is 0. The van der Waals surface area contributed by atoms with E-state index in [9.17, 15) is 14.4 Å². The van der Waals surface area contributed by atoms with E-state index in [1.807, 2.05) is 54.6 Å². The maximum Gasteiger partial charge on any atom is 0.260 e. The summed E-state index contributed by atoms with van der Waals surface area (Å²) in [6.45, 7) is 0.357. The first kappa shape index (κ1) is 19.1. The molecule has 2 heterocycles. The lowest BCUT2D eigenvalue weighted by atomic mass is 10.0. The average molecular weight is 411 g/mol. The maximum atomic E-state index is 13.3. The van der Waals surface area contributed by atoms with Gasteiger partial charge in [0.15, 0.2) is 0 Å². The fourth-order valence-electron chi connectivity index (χ4n) is 4.34. The zero-order valence-corrected chi connectivity index (χ0v) is 16.8. The second-order valence-electron chi connectivity index (χ2n) is 7.67. The smallest absolute Gasteiger partial charge is 0.260 e. The standard InChI is InChI=1S/C25H21N3O3/c29-22(26-15-14-17-8-2-1-3-9-17)16-27-23-18-10-4-5-11-19(18)25(31)28(23)21-13-7-6-12-20(21)24(27)30/h1-13,23H,14-16H2,(H,26,29). The Labute approximate surface area is 180 Å². The SMILES string of the molecule is O=C(CN1C(=O)c2ccccc2N2C(=O)c3ccccc3C12)NCCc1ccccc1. The molecular formula is C25H21N3O3. The van der Waals surface area contributed by atoms with Crippen LogP contribution in [-0.4, -0.2) is 35.7 Å². The van der Waals surface area contributed by atoms with E-state index in [-0.39, 0.29) is 24.3 Å². The van der Waals surface area contributed by atoms with Gasteiger partial charge in [-0.15, -0.1) is 0 Å². The van der Waals surface area contributed by atoms with Crippen molar-refractivity contribution in [3.8, 4) is 0 Å². The molecule has 6 heteroatoms. The van der Waals surface area contributed by atoms with Gasteiger partial charge in [-0.1, -0.05) is 60.7 Å². The number of amides is 3. The normalized spacial score (nSPS) is 16.6. The number of nitrogens with zero attached hydrogens (tertiary/aromatic N) is 2. The summed E-state index contributed by atoms with van der Waals surface area (Å²) in [5.41, 5.74) is 3.45. The van der Waals surface area contributed by atoms with Crippen LogP contribution in [-0.2, 0) is 11.2 Å². The highest BCUT2D eigenvalue weighted by Crippen LogP contribution is 2.44. The molecule has 5 rings (SSSR count). The van der Waals surface area contributed by atoms with Gasteiger partial charge >= 0.3 is 0 Å². The number of anilines is 1. The Balaban J connectivity index is 1.40. The lowest BCUT2D eigenvalue weighted by Gasteiger charge is -2.40. The van der Waals surface area contributed by atoms with Gasteiger partial charge in [-0.2, -0.15) is 0 Å². The van der Waals surface area contributed by atoms with Crippen LogP contribution in [0, 0.1) is 0 Å². The van der Waals surface area contributed by atoms with E-state index < -0.39 is 6.17 Å². The fraction of sp³-hybridized carbons (Fsp3) is 0.160. The Bertz CT molecular complexity index is 1180. The molecule has 154 valence electrons. The zero-order chi connectivity index (χ0) is 21.4. The molecule has 3 amide bonds. The van der Waals surface area contributed by atoms with Crippen LogP contribution in [0.5, 0.6) is 0 Å². The molecule has 1 unspecified atom stereocenters. The number of nitrogens with one attached hydrogen (secondary N) is 1. The molecular weight excluding hydrogens is 390 g/mol. The van der Waals surface area contributed by atoms with Gasteiger partial charge in [0.2, 0.25) is 5.91 Å². The van der Waals surface area contributed by atoms with E-state index in [2.05, 4.69) is 5.32 Å². The Morgan fingerprint density at radius 1 is 0.806 bits per heavy atom. The van der Waals surface area contributed by atoms with Crippen molar-refractivity contribution in [1.29, 1.82) is 0 Å². The molecule has 6 nitrogen and oxygen atoms in total. The average Bonchev–Trinajstić information content (AvgIpc) is 3.10. The summed E-state index contributed by atoms with van der Waals surface area (Å²) in [4.78, 5) is 42.3. The van der Waals surface area contributed by atoms with Gasteiger partial charge in [0.25, 0.3) is 11.8 Å². The van der Waals surface area contributed by atoms with Crippen molar-refractivity contribution >= 4 is 23.4 Å². The second-order valence-corrected chi connectivity index (χ2v) is 7.67. The highest BCUT2D eigenvalue weighted by molar-refractivity contribution is 6.17. The number of rotatable bonds is 5. The van der Waals surface area contributed by atoms with Crippen LogP contribution in [0.4, 0.5) is 5.69 Å². The minimum absolute atomic E-state index is 0.120. The first-order valence-electron chi connectivity index (χ1n) is 10.3. The number of carbonyl (C=O) groups excluding carboxylic acids is 3. The van der Waals surface area contributed by atoms with Gasteiger partial charge in [0.1, 0.15) is 12.7 Å². The quantitative estimate of drug-likeness (QED) is 0.701. The number of fused-ring (bicyclic) bond motifs is 5. The van der Waals surface area contributed by atoms with E-state index in [0.29, 0.717) is 29.8 Å². The number of carbonyl (C=O) groups is 3. The maximum absolute atomic E-state index is 13.3. The molecule has 3 aromatic carbocycles. The highest BCUT2D eigenvalue weighted by atomic mass is 16.2. The number of para-hydroxylation sites is 1. The molecule has 0 bridgehead atoms. The molecule has 0 aromatic heterocycles. The van der Waals surface area contributed by atoms with Crippen LogP contribution in [0.3, 0.4) is 0 Å². The molecule has 1 N–H and O–H groups in total.